The van der Waals surface area contributed by atoms with E-state index in [1.807, 2.05) is 29.2 Å². The number of carbonyl (C=O) groups is 1. The second-order valence-corrected chi connectivity index (χ2v) is 5.94. The Balaban J connectivity index is 2.02. The molecule has 4 heteroatoms. The molecule has 1 aliphatic heterocycles. The minimum atomic E-state index is 0.0499. The summed E-state index contributed by atoms with van der Waals surface area (Å²) in [6.07, 6.45) is 4.30. The van der Waals surface area contributed by atoms with Gasteiger partial charge in [-0.15, -0.1) is 0 Å². The Kier molecular flexibility index (Phi) is 5.30. The van der Waals surface area contributed by atoms with Crippen molar-refractivity contribution >= 4 is 17.6 Å². The maximum absolute atomic E-state index is 12.4. The van der Waals surface area contributed by atoms with Crippen LogP contribution in [0.3, 0.4) is 0 Å². The highest BCUT2D eigenvalue weighted by Crippen LogP contribution is 2.21. The highest BCUT2D eigenvalue weighted by atomic mass is 35.5. The number of rotatable bonds is 3. The van der Waals surface area contributed by atoms with Gasteiger partial charge in [0.1, 0.15) is 0 Å². The first-order valence-corrected chi connectivity index (χ1v) is 7.82. The van der Waals surface area contributed by atoms with Crippen LogP contribution in [0.5, 0.6) is 0 Å². The molecule has 3 nitrogen and oxygen atoms in total. The van der Waals surface area contributed by atoms with E-state index in [2.05, 4.69) is 19.2 Å². The Morgan fingerprint density at radius 1 is 1.40 bits per heavy atom. The largest absolute Gasteiger partial charge is 0.331 e. The molecule has 2 rings (SSSR count). The smallest absolute Gasteiger partial charge is 0.318 e. The third-order valence-electron chi connectivity index (χ3n) is 4.04. The number of likely N-dealkylation sites (tertiary alicyclic amines) is 1. The summed E-state index contributed by atoms with van der Waals surface area (Å²) >= 11 is 5.91. The van der Waals surface area contributed by atoms with Gasteiger partial charge in [-0.25, -0.2) is 4.79 Å². The lowest BCUT2D eigenvalue weighted by molar-refractivity contribution is 0.154. The van der Waals surface area contributed by atoms with Crippen molar-refractivity contribution in [1.29, 1.82) is 0 Å². The quantitative estimate of drug-likeness (QED) is 0.882. The van der Waals surface area contributed by atoms with Gasteiger partial charge in [0.2, 0.25) is 0 Å². The first-order valence-electron chi connectivity index (χ1n) is 7.44. The summed E-state index contributed by atoms with van der Waals surface area (Å²) < 4.78 is 0. The molecule has 2 amide bonds. The second-order valence-electron chi connectivity index (χ2n) is 5.50. The standard InChI is InChI=1S/C16H23ClN2O/c1-3-15(13-7-9-14(17)10-8-13)18-16(20)19-11-5-4-6-12(19)2/h7-10,12,15H,3-6,11H2,1-2H3,(H,18,20). The van der Waals surface area contributed by atoms with Crippen molar-refractivity contribution in [3.05, 3.63) is 34.9 Å². The molecule has 1 saturated heterocycles. The number of nitrogens with zero attached hydrogens (tertiary/aromatic N) is 1. The van der Waals surface area contributed by atoms with Crippen molar-refractivity contribution in [3.63, 3.8) is 0 Å². The van der Waals surface area contributed by atoms with Crippen LogP contribution < -0.4 is 5.32 Å². The molecule has 110 valence electrons. The van der Waals surface area contributed by atoms with E-state index >= 15 is 0 Å². The Hall–Kier alpha value is -1.22. The molecular weight excluding hydrogens is 272 g/mol. The van der Waals surface area contributed by atoms with E-state index in [9.17, 15) is 4.79 Å². The predicted octanol–water partition coefficient (Wildman–Crippen LogP) is 4.38. The van der Waals surface area contributed by atoms with Crippen LogP contribution in [0.15, 0.2) is 24.3 Å². The van der Waals surface area contributed by atoms with Crippen LogP contribution in [0.2, 0.25) is 5.02 Å². The zero-order valence-corrected chi connectivity index (χ0v) is 13.0. The van der Waals surface area contributed by atoms with Crippen LogP contribution in [0.1, 0.15) is 51.1 Å². The summed E-state index contributed by atoms with van der Waals surface area (Å²) in [5, 5.41) is 3.87. The summed E-state index contributed by atoms with van der Waals surface area (Å²) in [5.74, 6) is 0. The summed E-state index contributed by atoms with van der Waals surface area (Å²) in [6.45, 7) is 5.07. The third kappa shape index (κ3) is 3.66. The van der Waals surface area contributed by atoms with Gasteiger partial charge in [0.15, 0.2) is 0 Å². The fraction of sp³-hybridized carbons (Fsp3) is 0.562. The summed E-state index contributed by atoms with van der Waals surface area (Å²) in [4.78, 5) is 14.4. The van der Waals surface area contributed by atoms with Crippen LogP contribution in [0.25, 0.3) is 0 Å². The van der Waals surface area contributed by atoms with Crippen molar-refractivity contribution in [3.8, 4) is 0 Å². The number of hydrogen-bond acceptors (Lipinski definition) is 1. The molecule has 1 N–H and O–H groups in total. The van der Waals surface area contributed by atoms with E-state index in [0.29, 0.717) is 6.04 Å². The van der Waals surface area contributed by atoms with Crippen LogP contribution in [0, 0.1) is 0 Å². The Morgan fingerprint density at radius 3 is 2.70 bits per heavy atom. The number of piperidine rings is 1. The molecule has 1 aromatic rings. The number of nitrogens with one attached hydrogen (secondary N) is 1. The number of urea groups is 1. The molecule has 1 aromatic carbocycles. The molecule has 20 heavy (non-hydrogen) atoms. The van der Waals surface area contributed by atoms with E-state index in [1.54, 1.807) is 0 Å². The fourth-order valence-electron chi connectivity index (χ4n) is 2.75. The highest BCUT2D eigenvalue weighted by molar-refractivity contribution is 6.30. The minimum absolute atomic E-state index is 0.0499. The van der Waals surface area contributed by atoms with E-state index in [1.165, 1.54) is 6.42 Å². The molecule has 0 bridgehead atoms. The Bertz CT molecular complexity index is 446. The van der Waals surface area contributed by atoms with Crippen molar-refractivity contribution in [2.24, 2.45) is 0 Å². The van der Waals surface area contributed by atoms with Gasteiger partial charge in [-0.2, -0.15) is 0 Å². The van der Waals surface area contributed by atoms with E-state index in [4.69, 9.17) is 11.6 Å². The van der Waals surface area contributed by atoms with Gasteiger partial charge < -0.3 is 10.2 Å². The Labute approximate surface area is 126 Å². The normalized spacial score (nSPS) is 20.6. The lowest BCUT2D eigenvalue weighted by Crippen LogP contribution is -2.48. The van der Waals surface area contributed by atoms with Gasteiger partial charge in [0, 0.05) is 17.6 Å². The summed E-state index contributed by atoms with van der Waals surface area (Å²) in [7, 11) is 0. The number of benzene rings is 1. The van der Waals surface area contributed by atoms with Crippen molar-refractivity contribution in [2.45, 2.75) is 51.6 Å². The molecular formula is C16H23ClN2O. The minimum Gasteiger partial charge on any atom is -0.331 e. The van der Waals surface area contributed by atoms with Crippen LogP contribution in [-0.4, -0.2) is 23.5 Å². The average Bonchev–Trinajstić information content (AvgIpc) is 2.46. The Morgan fingerprint density at radius 2 is 2.10 bits per heavy atom. The maximum Gasteiger partial charge on any atom is 0.318 e. The lowest BCUT2D eigenvalue weighted by Gasteiger charge is -2.34. The fourth-order valence-corrected chi connectivity index (χ4v) is 2.87. The number of hydrogen-bond donors (Lipinski definition) is 1. The van der Waals surface area contributed by atoms with Gasteiger partial charge >= 0.3 is 6.03 Å². The molecule has 0 aromatic heterocycles. The second kappa shape index (κ2) is 6.98. The molecule has 0 saturated carbocycles. The van der Waals surface area contributed by atoms with Gasteiger partial charge in [-0.3, -0.25) is 0 Å². The van der Waals surface area contributed by atoms with Crippen LogP contribution in [0.4, 0.5) is 4.79 Å². The molecule has 2 atom stereocenters. The first-order chi connectivity index (χ1) is 9.61. The third-order valence-corrected chi connectivity index (χ3v) is 4.29. The molecule has 1 fully saturated rings. The van der Waals surface area contributed by atoms with Gasteiger partial charge in [-0.1, -0.05) is 30.7 Å². The van der Waals surface area contributed by atoms with Gasteiger partial charge in [-0.05, 0) is 50.3 Å². The van der Waals surface area contributed by atoms with Crippen molar-refractivity contribution in [2.75, 3.05) is 6.54 Å². The molecule has 2 unspecified atom stereocenters. The summed E-state index contributed by atoms with van der Waals surface area (Å²) in [6, 6.07) is 8.15. The van der Waals surface area contributed by atoms with Gasteiger partial charge in [0.25, 0.3) is 0 Å². The van der Waals surface area contributed by atoms with Crippen molar-refractivity contribution in [1.82, 2.24) is 10.2 Å². The molecule has 1 heterocycles. The van der Waals surface area contributed by atoms with Crippen LogP contribution >= 0.6 is 11.6 Å². The molecule has 1 aliphatic rings. The first kappa shape index (κ1) is 15.2. The van der Waals surface area contributed by atoms with E-state index in [-0.39, 0.29) is 12.1 Å². The average molecular weight is 295 g/mol. The number of carbonyl (C=O) groups excluding carboxylic acids is 1. The summed E-state index contributed by atoms with van der Waals surface area (Å²) in [5.41, 5.74) is 1.11. The van der Waals surface area contributed by atoms with E-state index in [0.717, 1.165) is 36.4 Å². The number of halogens is 1. The lowest BCUT2D eigenvalue weighted by atomic mass is 10.0. The highest BCUT2D eigenvalue weighted by Gasteiger charge is 2.24. The van der Waals surface area contributed by atoms with Gasteiger partial charge in [0.05, 0.1) is 6.04 Å². The topological polar surface area (TPSA) is 32.3 Å². The molecule has 0 spiro atoms. The monoisotopic (exact) mass is 294 g/mol. The van der Waals surface area contributed by atoms with E-state index < -0.39 is 0 Å². The molecule has 0 radical (unpaired) electrons. The number of amides is 2. The zero-order chi connectivity index (χ0) is 14.5. The van der Waals surface area contributed by atoms with Crippen LogP contribution in [-0.2, 0) is 0 Å². The SMILES string of the molecule is CCC(NC(=O)N1CCCCC1C)c1ccc(Cl)cc1. The van der Waals surface area contributed by atoms with Crippen molar-refractivity contribution < 1.29 is 4.79 Å². The molecule has 0 aliphatic carbocycles. The maximum atomic E-state index is 12.4. The zero-order valence-electron chi connectivity index (χ0n) is 12.2. The predicted molar refractivity (Wildman–Crippen MR) is 83.0 cm³/mol.